The van der Waals surface area contributed by atoms with E-state index in [1.54, 1.807) is 20.5 Å². The number of rotatable bonds is 9. The molecule has 6 nitrogen and oxygen atoms in total. The van der Waals surface area contributed by atoms with Crippen LogP contribution in [0.25, 0.3) is 0 Å². The van der Waals surface area contributed by atoms with Gasteiger partial charge in [0.1, 0.15) is 11.5 Å². The minimum absolute atomic E-state index is 0.597. The summed E-state index contributed by atoms with van der Waals surface area (Å²) in [4.78, 5) is 6.71. The summed E-state index contributed by atoms with van der Waals surface area (Å²) >= 11 is 0. The number of hydrogen-bond donors (Lipinski definition) is 1. The number of benzene rings is 1. The number of aliphatic imine (C=N–C) groups is 1. The van der Waals surface area contributed by atoms with Crippen LogP contribution in [0.15, 0.2) is 52.1 Å². The number of methoxy groups -OCH3 is 2. The highest BCUT2D eigenvalue weighted by molar-refractivity contribution is 5.79. The predicted octanol–water partition coefficient (Wildman–Crippen LogP) is 2.55. The minimum Gasteiger partial charge on any atom is -0.497 e. The topological polar surface area (TPSA) is 59.2 Å². The summed E-state index contributed by atoms with van der Waals surface area (Å²) in [5.74, 6) is 2.66. The Kier molecular flexibility index (Phi) is 7.85. The Hall–Kier alpha value is -2.47. The molecular formula is C19H27N3O3. The minimum atomic E-state index is 0.597. The lowest BCUT2D eigenvalue weighted by atomic mass is 10.2. The average molecular weight is 345 g/mol. The summed E-state index contributed by atoms with van der Waals surface area (Å²) in [6.45, 7) is 2.72. The van der Waals surface area contributed by atoms with E-state index >= 15 is 0 Å². The first kappa shape index (κ1) is 18.9. The second-order valence-electron chi connectivity index (χ2n) is 5.66. The van der Waals surface area contributed by atoms with Crippen LogP contribution in [0.4, 0.5) is 0 Å². The van der Waals surface area contributed by atoms with Gasteiger partial charge in [-0.1, -0.05) is 12.1 Å². The maximum Gasteiger partial charge on any atom is 0.194 e. The van der Waals surface area contributed by atoms with Gasteiger partial charge in [-0.05, 0) is 29.8 Å². The Morgan fingerprint density at radius 3 is 2.64 bits per heavy atom. The summed E-state index contributed by atoms with van der Waals surface area (Å²) in [6, 6.07) is 11.9. The first-order valence-corrected chi connectivity index (χ1v) is 8.36. The maximum absolute atomic E-state index is 5.37. The number of nitrogens with zero attached hydrogens (tertiary/aromatic N) is 2. The van der Waals surface area contributed by atoms with Crippen LogP contribution in [0, 0.1) is 0 Å². The largest absolute Gasteiger partial charge is 0.497 e. The lowest BCUT2D eigenvalue weighted by Gasteiger charge is -2.22. The monoisotopic (exact) mass is 345 g/mol. The van der Waals surface area contributed by atoms with E-state index in [1.165, 1.54) is 5.56 Å². The SMILES string of the molecule is COCCN=C(NCCc1ccco1)N(C)Cc1ccc(OC)cc1. The summed E-state index contributed by atoms with van der Waals surface area (Å²) in [6.07, 6.45) is 2.51. The second-order valence-corrected chi connectivity index (χ2v) is 5.66. The first-order chi connectivity index (χ1) is 12.2. The van der Waals surface area contributed by atoms with Gasteiger partial charge in [-0.25, -0.2) is 0 Å². The van der Waals surface area contributed by atoms with Crippen molar-refractivity contribution in [3.8, 4) is 5.75 Å². The quantitative estimate of drug-likeness (QED) is 0.430. The lowest BCUT2D eigenvalue weighted by molar-refractivity contribution is 0.207. The average Bonchev–Trinajstić information content (AvgIpc) is 3.14. The molecule has 0 saturated carbocycles. The van der Waals surface area contributed by atoms with E-state index in [9.17, 15) is 0 Å². The van der Waals surface area contributed by atoms with E-state index in [1.807, 2.05) is 31.3 Å². The van der Waals surface area contributed by atoms with Crippen LogP contribution in [0.3, 0.4) is 0 Å². The van der Waals surface area contributed by atoms with Gasteiger partial charge in [0.2, 0.25) is 0 Å². The highest BCUT2D eigenvalue weighted by atomic mass is 16.5. The fourth-order valence-corrected chi connectivity index (χ4v) is 2.39. The molecule has 0 aliphatic rings. The molecule has 0 fully saturated rings. The van der Waals surface area contributed by atoms with Crippen molar-refractivity contribution in [1.29, 1.82) is 0 Å². The Morgan fingerprint density at radius 1 is 1.20 bits per heavy atom. The zero-order chi connectivity index (χ0) is 17.9. The van der Waals surface area contributed by atoms with Crippen molar-refractivity contribution in [3.63, 3.8) is 0 Å². The van der Waals surface area contributed by atoms with Crippen molar-refractivity contribution < 1.29 is 13.9 Å². The van der Waals surface area contributed by atoms with Crippen molar-refractivity contribution in [2.24, 2.45) is 4.99 Å². The van der Waals surface area contributed by atoms with Crippen molar-refractivity contribution in [3.05, 3.63) is 54.0 Å². The fourth-order valence-electron chi connectivity index (χ4n) is 2.39. The first-order valence-electron chi connectivity index (χ1n) is 8.36. The molecule has 2 rings (SSSR count). The van der Waals surface area contributed by atoms with Gasteiger partial charge in [-0.3, -0.25) is 4.99 Å². The number of hydrogen-bond acceptors (Lipinski definition) is 4. The molecule has 1 N–H and O–H groups in total. The van der Waals surface area contributed by atoms with Gasteiger partial charge in [0, 0.05) is 33.7 Å². The summed E-state index contributed by atoms with van der Waals surface area (Å²) < 4.78 is 15.7. The van der Waals surface area contributed by atoms with Gasteiger partial charge >= 0.3 is 0 Å². The van der Waals surface area contributed by atoms with Crippen molar-refractivity contribution in [2.45, 2.75) is 13.0 Å². The van der Waals surface area contributed by atoms with Gasteiger partial charge in [0.25, 0.3) is 0 Å². The van der Waals surface area contributed by atoms with Crippen LogP contribution in [0.5, 0.6) is 5.75 Å². The Balaban J connectivity index is 1.93. The molecule has 0 atom stereocenters. The summed E-state index contributed by atoms with van der Waals surface area (Å²) in [5.41, 5.74) is 1.19. The van der Waals surface area contributed by atoms with Gasteiger partial charge in [-0.15, -0.1) is 0 Å². The van der Waals surface area contributed by atoms with Crippen molar-refractivity contribution >= 4 is 5.96 Å². The van der Waals surface area contributed by atoms with E-state index in [0.29, 0.717) is 13.2 Å². The van der Waals surface area contributed by atoms with Crippen molar-refractivity contribution in [2.75, 3.05) is 41.0 Å². The number of guanidine groups is 1. The zero-order valence-electron chi connectivity index (χ0n) is 15.2. The molecule has 2 aromatic rings. The van der Waals surface area contributed by atoms with Gasteiger partial charge in [0.15, 0.2) is 5.96 Å². The summed E-state index contributed by atoms with van der Waals surface area (Å²) in [5, 5.41) is 3.40. The van der Waals surface area contributed by atoms with Gasteiger partial charge in [0.05, 0.1) is 26.5 Å². The number of furan rings is 1. The van der Waals surface area contributed by atoms with Crippen LogP contribution in [-0.2, 0) is 17.7 Å². The third kappa shape index (κ3) is 6.51. The van der Waals surface area contributed by atoms with E-state index in [0.717, 1.165) is 37.0 Å². The third-order valence-electron chi connectivity index (χ3n) is 3.73. The number of nitrogens with one attached hydrogen (secondary N) is 1. The smallest absolute Gasteiger partial charge is 0.194 e. The Bertz CT molecular complexity index is 624. The second kappa shape index (κ2) is 10.4. The predicted molar refractivity (Wildman–Crippen MR) is 99.1 cm³/mol. The molecule has 0 radical (unpaired) electrons. The molecular weight excluding hydrogens is 318 g/mol. The van der Waals surface area contributed by atoms with Crippen LogP contribution >= 0.6 is 0 Å². The van der Waals surface area contributed by atoms with Crippen LogP contribution in [-0.4, -0.2) is 51.8 Å². The molecule has 25 heavy (non-hydrogen) atoms. The molecule has 0 spiro atoms. The molecule has 6 heteroatoms. The highest BCUT2D eigenvalue weighted by Crippen LogP contribution is 2.12. The molecule has 0 bridgehead atoms. The molecule has 0 aliphatic heterocycles. The van der Waals surface area contributed by atoms with Crippen LogP contribution < -0.4 is 10.1 Å². The molecule has 0 unspecified atom stereocenters. The fraction of sp³-hybridized carbons (Fsp3) is 0.421. The Labute approximate surface area is 149 Å². The molecule has 0 saturated heterocycles. The molecule has 0 amide bonds. The maximum atomic E-state index is 5.37. The van der Waals surface area contributed by atoms with Crippen LogP contribution in [0.1, 0.15) is 11.3 Å². The summed E-state index contributed by atoms with van der Waals surface area (Å²) in [7, 11) is 5.38. The van der Waals surface area contributed by atoms with E-state index in [2.05, 4.69) is 27.3 Å². The van der Waals surface area contributed by atoms with Crippen molar-refractivity contribution in [1.82, 2.24) is 10.2 Å². The molecule has 1 aromatic heterocycles. The zero-order valence-corrected chi connectivity index (χ0v) is 15.2. The van der Waals surface area contributed by atoms with Gasteiger partial charge in [-0.2, -0.15) is 0 Å². The molecule has 0 aliphatic carbocycles. The lowest BCUT2D eigenvalue weighted by Crippen LogP contribution is -2.39. The molecule has 1 aromatic carbocycles. The molecule has 1 heterocycles. The van der Waals surface area contributed by atoms with Gasteiger partial charge < -0.3 is 24.1 Å². The van der Waals surface area contributed by atoms with E-state index in [-0.39, 0.29) is 0 Å². The number of ether oxygens (including phenoxy) is 2. The normalized spacial score (nSPS) is 11.4. The third-order valence-corrected chi connectivity index (χ3v) is 3.73. The Morgan fingerprint density at radius 2 is 2.00 bits per heavy atom. The van der Waals surface area contributed by atoms with E-state index < -0.39 is 0 Å². The van der Waals surface area contributed by atoms with E-state index in [4.69, 9.17) is 13.9 Å². The van der Waals surface area contributed by atoms with Crippen LogP contribution in [0.2, 0.25) is 0 Å². The highest BCUT2D eigenvalue weighted by Gasteiger charge is 2.08. The molecule has 136 valence electrons. The standard InChI is InChI=1S/C19H27N3O3/c1-22(15-16-6-8-17(24-3)9-7-16)19(21-12-14-23-2)20-11-10-18-5-4-13-25-18/h4-9,13H,10-12,14-15H2,1-3H3,(H,20,21).